The number of hydrogen-bond acceptors (Lipinski definition) is 9. The first-order valence-corrected chi connectivity index (χ1v) is 13.9. The van der Waals surface area contributed by atoms with Crippen LogP contribution in [0.5, 0.6) is 0 Å². The number of benzene rings is 1. The van der Waals surface area contributed by atoms with Gasteiger partial charge in [-0.3, -0.25) is 0 Å². The normalized spacial score (nSPS) is 19.9. The van der Waals surface area contributed by atoms with E-state index in [4.69, 9.17) is 4.74 Å². The minimum atomic E-state index is -3.36. The highest BCUT2D eigenvalue weighted by Crippen LogP contribution is 2.32. The summed E-state index contributed by atoms with van der Waals surface area (Å²) < 4.78 is 32.1. The average Bonchev–Trinajstić information content (AvgIpc) is 3.17. The van der Waals surface area contributed by atoms with Crippen molar-refractivity contribution in [3.63, 3.8) is 0 Å². The van der Waals surface area contributed by atoms with Gasteiger partial charge in [0, 0.05) is 37.3 Å². The maximum absolute atomic E-state index is 13.1. The number of aromatic nitrogens is 3. The largest absolute Gasteiger partial charge is 0.378 e. The Morgan fingerprint density at radius 2 is 1.94 bits per heavy atom. The van der Waals surface area contributed by atoms with Crippen molar-refractivity contribution >= 4 is 43.6 Å². The number of morpholine rings is 1. The Morgan fingerprint density at radius 1 is 1.12 bits per heavy atom. The van der Waals surface area contributed by atoms with E-state index < -0.39 is 9.84 Å². The summed E-state index contributed by atoms with van der Waals surface area (Å²) in [5.41, 5.74) is 2.67. The molecular weight excluding hydrogens is 458 g/mol. The zero-order valence-electron chi connectivity index (χ0n) is 19.0. The molecule has 4 heterocycles. The van der Waals surface area contributed by atoms with Crippen LogP contribution in [0, 0.1) is 19.8 Å². The average molecular weight is 488 g/mol. The highest BCUT2D eigenvalue weighted by molar-refractivity contribution is 7.93. The van der Waals surface area contributed by atoms with E-state index in [-0.39, 0.29) is 11.7 Å². The van der Waals surface area contributed by atoms with E-state index in [2.05, 4.69) is 43.0 Å². The monoisotopic (exact) mass is 487 g/mol. The molecule has 0 N–H and O–H groups in total. The molecule has 0 amide bonds. The van der Waals surface area contributed by atoms with Crippen LogP contribution in [-0.2, 0) is 14.6 Å². The fourth-order valence-electron chi connectivity index (χ4n) is 4.88. The Hall–Kier alpha value is -2.30. The summed E-state index contributed by atoms with van der Waals surface area (Å²) in [6, 6.07) is 6.34. The van der Waals surface area contributed by atoms with Gasteiger partial charge in [-0.05, 0) is 50.8 Å². The van der Waals surface area contributed by atoms with Gasteiger partial charge in [-0.25, -0.2) is 23.4 Å². The van der Waals surface area contributed by atoms with Crippen molar-refractivity contribution in [2.45, 2.75) is 30.9 Å². The number of rotatable bonds is 5. The summed E-state index contributed by atoms with van der Waals surface area (Å²) in [7, 11) is -3.36. The third kappa shape index (κ3) is 4.69. The molecule has 2 fully saturated rings. The zero-order valence-corrected chi connectivity index (χ0v) is 20.7. The van der Waals surface area contributed by atoms with Gasteiger partial charge in [0.15, 0.2) is 9.84 Å². The Morgan fingerprint density at radius 3 is 2.70 bits per heavy atom. The van der Waals surface area contributed by atoms with Crippen molar-refractivity contribution in [1.82, 2.24) is 15.0 Å². The summed E-state index contributed by atoms with van der Waals surface area (Å²) in [6.45, 7) is 8.41. The molecule has 2 saturated heterocycles. The standard InChI is InChI=1S/C23H29N5O3S2/c1-16-23(32-17(2)26-16)33(29,30)14-18-4-3-7-28(13-18)22-20-6-5-19(12-21(20)24-15-25-22)27-8-10-31-11-9-27/h5-6,12,15,18H,3-4,7-11,13-14H2,1-2H3. The molecule has 33 heavy (non-hydrogen) atoms. The molecule has 2 aliphatic heterocycles. The quantitative estimate of drug-likeness (QED) is 0.542. The van der Waals surface area contributed by atoms with Crippen molar-refractivity contribution in [1.29, 1.82) is 0 Å². The highest BCUT2D eigenvalue weighted by atomic mass is 32.2. The molecule has 10 heteroatoms. The van der Waals surface area contributed by atoms with Gasteiger partial charge in [0.25, 0.3) is 0 Å². The molecule has 0 saturated carbocycles. The van der Waals surface area contributed by atoms with Gasteiger partial charge in [0.05, 0.1) is 35.2 Å². The van der Waals surface area contributed by atoms with Gasteiger partial charge in [0.1, 0.15) is 16.4 Å². The van der Waals surface area contributed by atoms with Gasteiger partial charge in [-0.15, -0.1) is 11.3 Å². The molecule has 0 bridgehead atoms. The van der Waals surface area contributed by atoms with Gasteiger partial charge in [0.2, 0.25) is 0 Å². The smallest absolute Gasteiger partial charge is 0.189 e. The van der Waals surface area contributed by atoms with Gasteiger partial charge in [-0.1, -0.05) is 0 Å². The molecule has 0 radical (unpaired) electrons. The fraction of sp³-hybridized carbons (Fsp3) is 0.522. The van der Waals surface area contributed by atoms with Crippen LogP contribution in [0.1, 0.15) is 23.5 Å². The first kappa shape index (κ1) is 22.5. The zero-order chi connectivity index (χ0) is 23.0. The Kier molecular flexibility index (Phi) is 6.24. The van der Waals surface area contributed by atoms with Crippen LogP contribution in [-0.4, -0.2) is 68.5 Å². The van der Waals surface area contributed by atoms with Crippen molar-refractivity contribution < 1.29 is 13.2 Å². The van der Waals surface area contributed by atoms with Crippen molar-refractivity contribution in [2.24, 2.45) is 5.92 Å². The lowest BCUT2D eigenvalue weighted by Crippen LogP contribution is -2.38. The summed E-state index contributed by atoms with van der Waals surface area (Å²) in [5, 5.41) is 1.80. The van der Waals surface area contributed by atoms with Gasteiger partial charge < -0.3 is 14.5 Å². The lowest BCUT2D eigenvalue weighted by molar-refractivity contribution is 0.122. The summed E-state index contributed by atoms with van der Waals surface area (Å²) in [5.74, 6) is 1.10. The molecule has 0 spiro atoms. The molecule has 1 atom stereocenters. The number of hydrogen-bond donors (Lipinski definition) is 0. The maximum Gasteiger partial charge on any atom is 0.189 e. The molecule has 5 rings (SSSR count). The van der Waals surface area contributed by atoms with Crippen LogP contribution < -0.4 is 9.80 Å². The number of ether oxygens (including phenoxy) is 1. The molecule has 1 aromatic carbocycles. The topological polar surface area (TPSA) is 88.5 Å². The molecule has 8 nitrogen and oxygen atoms in total. The number of piperidine rings is 1. The molecule has 1 unspecified atom stereocenters. The Bertz CT molecular complexity index is 1250. The van der Waals surface area contributed by atoms with Gasteiger partial charge in [-0.2, -0.15) is 0 Å². The minimum Gasteiger partial charge on any atom is -0.378 e. The first-order valence-electron chi connectivity index (χ1n) is 11.4. The molecule has 0 aliphatic carbocycles. The van der Waals surface area contributed by atoms with E-state index in [1.165, 1.54) is 11.3 Å². The van der Waals surface area contributed by atoms with Crippen LogP contribution in [0.2, 0.25) is 0 Å². The Balaban J connectivity index is 1.36. The van der Waals surface area contributed by atoms with E-state index in [9.17, 15) is 8.42 Å². The maximum atomic E-state index is 13.1. The molecule has 176 valence electrons. The second kappa shape index (κ2) is 9.15. The number of sulfone groups is 1. The molecule has 3 aromatic rings. The highest BCUT2D eigenvalue weighted by Gasteiger charge is 2.30. The third-order valence-electron chi connectivity index (χ3n) is 6.39. The predicted molar refractivity (Wildman–Crippen MR) is 131 cm³/mol. The van der Waals surface area contributed by atoms with E-state index in [1.54, 1.807) is 13.3 Å². The SMILES string of the molecule is Cc1nc(C)c(S(=O)(=O)CC2CCCN(c3ncnc4cc(N5CCOCC5)ccc34)C2)s1. The third-order valence-corrected chi connectivity index (χ3v) is 10.0. The van der Waals surface area contributed by atoms with Crippen molar-refractivity contribution in [2.75, 3.05) is 54.9 Å². The van der Waals surface area contributed by atoms with E-state index in [0.717, 1.165) is 73.1 Å². The number of nitrogens with zero attached hydrogens (tertiary/aromatic N) is 5. The first-order chi connectivity index (χ1) is 15.9. The predicted octanol–water partition coefficient (Wildman–Crippen LogP) is 3.23. The van der Waals surface area contributed by atoms with E-state index in [0.29, 0.717) is 16.4 Å². The van der Waals surface area contributed by atoms with Gasteiger partial charge >= 0.3 is 0 Å². The molecular formula is C23H29N5O3S2. The van der Waals surface area contributed by atoms with Crippen LogP contribution in [0.3, 0.4) is 0 Å². The van der Waals surface area contributed by atoms with Crippen LogP contribution in [0.15, 0.2) is 28.7 Å². The summed E-state index contributed by atoms with van der Waals surface area (Å²) in [4.78, 5) is 18.0. The summed E-state index contributed by atoms with van der Waals surface area (Å²) >= 11 is 1.28. The second-order valence-corrected chi connectivity index (χ2v) is 12.3. The molecule has 2 aliphatic rings. The number of anilines is 2. The minimum absolute atomic E-state index is 0.0585. The summed E-state index contributed by atoms with van der Waals surface area (Å²) in [6.07, 6.45) is 3.46. The van der Waals surface area contributed by atoms with Crippen molar-refractivity contribution in [3.8, 4) is 0 Å². The van der Waals surface area contributed by atoms with Crippen molar-refractivity contribution in [3.05, 3.63) is 35.2 Å². The van der Waals surface area contributed by atoms with Crippen LogP contribution in [0.25, 0.3) is 10.9 Å². The van der Waals surface area contributed by atoms with Crippen LogP contribution >= 0.6 is 11.3 Å². The molecule has 2 aromatic heterocycles. The number of fused-ring (bicyclic) bond motifs is 1. The lowest BCUT2D eigenvalue weighted by atomic mass is 9.99. The lowest BCUT2D eigenvalue weighted by Gasteiger charge is -2.34. The number of aryl methyl sites for hydroxylation is 2. The van der Waals surface area contributed by atoms with E-state index >= 15 is 0 Å². The second-order valence-electron chi connectivity index (χ2n) is 8.84. The Labute approximate surface area is 198 Å². The fourth-order valence-corrected chi connectivity index (χ4v) is 8.14. The van der Waals surface area contributed by atoms with Crippen LogP contribution in [0.4, 0.5) is 11.5 Å². The number of thiazole rings is 1. The van der Waals surface area contributed by atoms with E-state index in [1.807, 2.05) is 6.92 Å².